The fraction of sp³-hybridized carbons (Fsp3) is 0.636. The van der Waals surface area contributed by atoms with Crippen LogP contribution in [-0.4, -0.2) is 41.6 Å². The third-order valence-electron chi connectivity index (χ3n) is 4.60. The molecule has 0 fully saturated rings. The van der Waals surface area contributed by atoms with Crippen molar-refractivity contribution in [1.29, 1.82) is 0 Å². The number of carbonyl (C=O) groups is 2. The second-order valence-corrected chi connectivity index (χ2v) is 8.10. The molecule has 0 radical (unpaired) electrons. The van der Waals surface area contributed by atoms with E-state index >= 15 is 0 Å². The Hall–Kier alpha value is -1.89. The van der Waals surface area contributed by atoms with Crippen molar-refractivity contribution in [3.63, 3.8) is 0 Å². The van der Waals surface area contributed by atoms with Gasteiger partial charge >= 0.3 is 11.9 Å². The van der Waals surface area contributed by atoms with Crippen molar-refractivity contribution < 1.29 is 29.3 Å². The smallest absolute Gasteiger partial charge is 0.321 e. The molecule has 0 amide bonds. The molecule has 0 saturated carbocycles. The predicted octanol–water partition coefficient (Wildman–Crippen LogP) is 5.55. The molecule has 0 aliphatic rings. The summed E-state index contributed by atoms with van der Waals surface area (Å²) < 4.78 is 11.1. The predicted molar refractivity (Wildman–Crippen MR) is 116 cm³/mol. The van der Waals surface area contributed by atoms with E-state index < -0.39 is 17.2 Å². The van der Waals surface area contributed by atoms with Crippen molar-refractivity contribution in [2.45, 2.75) is 70.0 Å². The van der Waals surface area contributed by atoms with E-state index in [0.29, 0.717) is 23.7 Å². The van der Waals surface area contributed by atoms with Gasteiger partial charge in [-0.3, -0.25) is 9.59 Å². The summed E-state index contributed by atoms with van der Waals surface area (Å²) in [5.74, 6) is -1.47. The van der Waals surface area contributed by atoms with Gasteiger partial charge in [-0.05, 0) is 24.6 Å². The molecule has 29 heavy (non-hydrogen) atoms. The molecule has 1 aromatic carbocycles. The van der Waals surface area contributed by atoms with Gasteiger partial charge in [0, 0.05) is 5.56 Å². The van der Waals surface area contributed by atoms with E-state index in [9.17, 15) is 14.7 Å². The van der Waals surface area contributed by atoms with Crippen molar-refractivity contribution in [3.05, 3.63) is 23.8 Å². The first-order valence-electron chi connectivity index (χ1n) is 10.4. The molecule has 0 spiro atoms. The third kappa shape index (κ3) is 10.5. The zero-order valence-corrected chi connectivity index (χ0v) is 18.3. The van der Waals surface area contributed by atoms with E-state index in [4.69, 9.17) is 14.6 Å². The van der Waals surface area contributed by atoms with Crippen molar-refractivity contribution in [3.8, 4) is 11.5 Å². The molecule has 6 nitrogen and oxygen atoms in total. The van der Waals surface area contributed by atoms with Crippen LogP contribution in [0.1, 0.15) is 75.5 Å². The highest BCUT2D eigenvalue weighted by molar-refractivity contribution is 8.00. The molecule has 0 aliphatic heterocycles. The quantitative estimate of drug-likeness (QED) is 0.316. The third-order valence-corrected chi connectivity index (χ3v) is 5.81. The minimum absolute atomic E-state index is 0.300. The number of aliphatic carboxylic acids is 2. The fourth-order valence-electron chi connectivity index (χ4n) is 3.03. The van der Waals surface area contributed by atoms with Gasteiger partial charge in [0.2, 0.25) is 0 Å². The Labute approximate surface area is 178 Å². The van der Waals surface area contributed by atoms with E-state index in [1.54, 1.807) is 18.2 Å². The molecule has 1 aromatic rings. The van der Waals surface area contributed by atoms with Crippen molar-refractivity contribution in [1.82, 2.24) is 0 Å². The summed E-state index contributed by atoms with van der Waals surface area (Å²) >= 11 is 0.848. The van der Waals surface area contributed by atoms with Crippen LogP contribution in [0.2, 0.25) is 0 Å². The monoisotopic (exact) mass is 426 g/mol. The van der Waals surface area contributed by atoms with Gasteiger partial charge in [-0.15, -0.1) is 11.8 Å². The van der Waals surface area contributed by atoms with Gasteiger partial charge < -0.3 is 19.7 Å². The molecule has 1 rings (SSSR count). The van der Waals surface area contributed by atoms with Crippen LogP contribution in [0.4, 0.5) is 0 Å². The number of unbranched alkanes of at least 4 members (excludes halogenated alkanes) is 8. The first-order valence-corrected chi connectivity index (χ1v) is 11.4. The van der Waals surface area contributed by atoms with E-state index in [2.05, 4.69) is 6.92 Å². The maximum Gasteiger partial charge on any atom is 0.321 e. The van der Waals surface area contributed by atoms with Crippen molar-refractivity contribution in [2.24, 2.45) is 0 Å². The lowest BCUT2D eigenvalue weighted by Crippen LogP contribution is -2.13. The van der Waals surface area contributed by atoms with E-state index in [-0.39, 0.29) is 5.75 Å². The number of benzene rings is 1. The lowest BCUT2D eigenvalue weighted by Gasteiger charge is -2.17. The Balaban J connectivity index is 2.55. The number of ether oxygens (including phenoxy) is 2. The molecule has 0 saturated heterocycles. The maximum atomic E-state index is 11.7. The minimum Gasteiger partial charge on any atom is -0.497 e. The van der Waals surface area contributed by atoms with E-state index in [0.717, 1.165) is 24.6 Å². The standard InChI is InChI=1S/C22H34O6S/c1-3-4-5-6-7-8-9-10-11-14-28-19-13-12-17(27-2)15-18(19)21(22(25)26)29-16-20(23)24/h12-13,15,21H,3-11,14,16H2,1-2H3,(H,23,24)(H,25,26). The molecule has 0 aliphatic carbocycles. The number of carboxylic acid groups (broad SMARTS) is 2. The largest absolute Gasteiger partial charge is 0.497 e. The van der Waals surface area contributed by atoms with E-state index in [1.165, 1.54) is 52.1 Å². The summed E-state index contributed by atoms with van der Waals surface area (Å²) in [4.78, 5) is 22.6. The Morgan fingerprint density at radius 3 is 2.17 bits per heavy atom. The van der Waals surface area contributed by atoms with Gasteiger partial charge in [-0.1, -0.05) is 58.3 Å². The molecule has 1 unspecified atom stereocenters. The minimum atomic E-state index is -1.10. The highest BCUT2D eigenvalue weighted by Crippen LogP contribution is 2.37. The summed E-state index contributed by atoms with van der Waals surface area (Å²) in [7, 11) is 1.50. The normalized spacial score (nSPS) is 11.8. The van der Waals surface area contributed by atoms with Crippen LogP contribution in [0.25, 0.3) is 0 Å². The number of rotatable bonds is 17. The molecular weight excluding hydrogens is 392 g/mol. The zero-order chi connectivity index (χ0) is 21.5. The van der Waals surface area contributed by atoms with Gasteiger partial charge in [0.15, 0.2) is 0 Å². The number of thioether (sulfide) groups is 1. The van der Waals surface area contributed by atoms with E-state index in [1.807, 2.05) is 0 Å². The summed E-state index contributed by atoms with van der Waals surface area (Å²) in [5.41, 5.74) is 0.430. The Morgan fingerprint density at radius 2 is 1.62 bits per heavy atom. The van der Waals surface area contributed by atoms with Gasteiger partial charge in [0.25, 0.3) is 0 Å². The Bertz CT molecular complexity index is 619. The number of carboxylic acids is 2. The molecule has 2 N–H and O–H groups in total. The van der Waals surface area contributed by atoms with Crippen molar-refractivity contribution in [2.75, 3.05) is 19.5 Å². The summed E-state index contributed by atoms with van der Waals surface area (Å²) in [6.07, 6.45) is 10.9. The molecule has 0 heterocycles. The SMILES string of the molecule is CCCCCCCCCCCOc1ccc(OC)cc1C(SCC(=O)O)C(=O)O. The maximum absolute atomic E-state index is 11.7. The summed E-state index contributed by atoms with van der Waals surface area (Å²) in [6.45, 7) is 2.73. The van der Waals surface area contributed by atoms with Crippen molar-refractivity contribution >= 4 is 23.7 Å². The molecule has 7 heteroatoms. The number of hydrogen-bond acceptors (Lipinski definition) is 5. The second-order valence-electron chi connectivity index (χ2n) is 7.00. The Kier molecular flexibility index (Phi) is 13.0. The van der Waals surface area contributed by atoms with Crippen LogP contribution >= 0.6 is 11.8 Å². The lowest BCUT2D eigenvalue weighted by atomic mass is 10.1. The topological polar surface area (TPSA) is 93.1 Å². The molecule has 0 aromatic heterocycles. The molecule has 1 atom stereocenters. The average Bonchev–Trinajstić information content (AvgIpc) is 2.69. The summed E-state index contributed by atoms with van der Waals surface area (Å²) in [5, 5.41) is 17.4. The van der Waals surface area contributed by atoms with Crippen LogP contribution in [0.15, 0.2) is 18.2 Å². The number of methoxy groups -OCH3 is 1. The van der Waals surface area contributed by atoms with Crippen LogP contribution in [-0.2, 0) is 9.59 Å². The first-order chi connectivity index (χ1) is 14.0. The lowest BCUT2D eigenvalue weighted by molar-refractivity contribution is -0.136. The molecular formula is C22H34O6S. The van der Waals surface area contributed by atoms with Gasteiger partial charge in [0.05, 0.1) is 19.5 Å². The van der Waals surface area contributed by atoms with Crippen LogP contribution < -0.4 is 9.47 Å². The average molecular weight is 427 g/mol. The first kappa shape index (κ1) is 25.1. The highest BCUT2D eigenvalue weighted by Gasteiger charge is 2.26. The number of hydrogen-bond donors (Lipinski definition) is 2. The van der Waals surface area contributed by atoms with Gasteiger partial charge in [-0.2, -0.15) is 0 Å². The van der Waals surface area contributed by atoms with Crippen LogP contribution in [0.3, 0.4) is 0 Å². The fourth-order valence-corrected chi connectivity index (χ4v) is 3.85. The van der Waals surface area contributed by atoms with Crippen LogP contribution in [0, 0.1) is 0 Å². The highest BCUT2D eigenvalue weighted by atomic mass is 32.2. The van der Waals surface area contributed by atoms with Gasteiger partial charge in [-0.25, -0.2) is 0 Å². The second kappa shape index (κ2) is 15.0. The molecule has 164 valence electrons. The van der Waals surface area contributed by atoms with Gasteiger partial charge in [0.1, 0.15) is 16.7 Å². The Morgan fingerprint density at radius 1 is 1.00 bits per heavy atom. The zero-order valence-electron chi connectivity index (χ0n) is 17.5. The summed E-state index contributed by atoms with van der Waals surface area (Å²) in [6, 6.07) is 5.02. The molecule has 0 bridgehead atoms. The van der Waals surface area contributed by atoms with Crippen LogP contribution in [0.5, 0.6) is 11.5 Å².